The first kappa shape index (κ1) is 19.9. The van der Waals surface area contributed by atoms with E-state index < -0.39 is 23.9 Å². The first-order valence-corrected chi connectivity index (χ1v) is 9.84. The molecule has 0 unspecified atom stereocenters. The molecule has 0 saturated carbocycles. The highest BCUT2D eigenvalue weighted by Crippen LogP contribution is 2.52. The van der Waals surface area contributed by atoms with Crippen LogP contribution in [0.1, 0.15) is 20.3 Å². The number of nitrogens with two attached hydrogens (primary N) is 1. The number of primary amides is 1. The van der Waals surface area contributed by atoms with Gasteiger partial charge in [-0.1, -0.05) is 13.0 Å². The Balaban J connectivity index is 1.79. The maximum atomic E-state index is 12.4. The van der Waals surface area contributed by atoms with E-state index in [-0.39, 0.29) is 34.9 Å². The van der Waals surface area contributed by atoms with E-state index in [1.165, 1.54) is 22.7 Å². The van der Waals surface area contributed by atoms with Crippen LogP contribution in [0, 0.1) is 11.8 Å². The molecule has 0 bridgehead atoms. The number of aliphatic hydroxyl groups is 1. The number of thioether (sulfide) groups is 1. The third-order valence-corrected chi connectivity index (χ3v) is 7.14. The molecule has 0 aromatic rings. The summed E-state index contributed by atoms with van der Waals surface area (Å²) in [7, 11) is 1.95. The van der Waals surface area contributed by atoms with Gasteiger partial charge in [-0.2, -0.15) is 0 Å². The Morgan fingerprint density at radius 2 is 2.07 bits per heavy atom. The van der Waals surface area contributed by atoms with Gasteiger partial charge in [-0.15, -0.1) is 11.8 Å². The molecule has 3 aliphatic rings. The number of carbonyl (C=O) groups excluding carboxylic acids is 2. The number of likely N-dealkylation sites (tertiary alicyclic amines) is 1. The lowest BCUT2D eigenvalue weighted by Gasteiger charge is -2.46. The Morgan fingerprint density at radius 1 is 1.41 bits per heavy atom. The van der Waals surface area contributed by atoms with Crippen LogP contribution in [-0.2, 0) is 14.4 Å². The van der Waals surface area contributed by atoms with Crippen molar-refractivity contribution in [2.24, 2.45) is 17.6 Å². The van der Waals surface area contributed by atoms with Gasteiger partial charge in [0.1, 0.15) is 5.70 Å². The minimum atomic E-state index is -1.11. The molecular formula is C18H25N3O5S. The molecule has 2 amide bonds. The number of likely N-dealkylation sites (N-methyl/N-ethyl adjacent to an activating group) is 1. The molecule has 0 spiro atoms. The van der Waals surface area contributed by atoms with Gasteiger partial charge in [0, 0.05) is 34.7 Å². The smallest absolute Gasteiger partial charge is 0.353 e. The maximum absolute atomic E-state index is 12.4. The SMILES string of the molecule is C[C@@H](O)[C@H]1C(=O)N2C(C(=O)O)=C(S[C@H]3C[C@@H](C=CC(N)=O)N(C)C3)[C@H](C)[C@H]12. The van der Waals surface area contributed by atoms with E-state index in [2.05, 4.69) is 4.90 Å². The van der Waals surface area contributed by atoms with Crippen molar-refractivity contribution in [3.8, 4) is 0 Å². The molecule has 3 rings (SSSR count). The van der Waals surface area contributed by atoms with Crippen LogP contribution in [0.3, 0.4) is 0 Å². The van der Waals surface area contributed by atoms with Crippen molar-refractivity contribution in [2.45, 2.75) is 43.7 Å². The average Bonchev–Trinajstić information content (AvgIpc) is 3.02. The number of carboxylic acid groups (broad SMARTS) is 1. The molecule has 4 N–H and O–H groups in total. The van der Waals surface area contributed by atoms with Crippen LogP contribution >= 0.6 is 11.8 Å². The lowest BCUT2D eigenvalue weighted by Crippen LogP contribution is -2.63. The number of fused-ring (bicyclic) bond motifs is 1. The lowest BCUT2D eigenvalue weighted by molar-refractivity contribution is -0.163. The molecule has 2 saturated heterocycles. The van der Waals surface area contributed by atoms with Crippen molar-refractivity contribution < 1.29 is 24.6 Å². The van der Waals surface area contributed by atoms with E-state index in [0.29, 0.717) is 4.91 Å². The van der Waals surface area contributed by atoms with E-state index in [1.807, 2.05) is 14.0 Å². The standard InChI is InChI=1S/C18H25N3O5S/c1-8-14-13(9(2)22)17(24)21(14)15(18(25)26)16(8)27-11-6-10(20(3)7-11)4-5-12(19)23/h4-5,8-11,13-14,22H,6-7H2,1-3H3,(H2,19,23)(H,25,26)/t8-,9-,10-,11+,13-,14-/m1/s1. The topological polar surface area (TPSA) is 124 Å². The van der Waals surface area contributed by atoms with Gasteiger partial charge < -0.3 is 20.8 Å². The summed E-state index contributed by atoms with van der Waals surface area (Å²) in [4.78, 5) is 39.3. The van der Waals surface area contributed by atoms with Crippen molar-refractivity contribution >= 4 is 29.5 Å². The van der Waals surface area contributed by atoms with Crippen molar-refractivity contribution in [3.63, 3.8) is 0 Å². The highest BCUT2D eigenvalue weighted by atomic mass is 32.2. The van der Waals surface area contributed by atoms with Gasteiger partial charge in [0.25, 0.3) is 0 Å². The van der Waals surface area contributed by atoms with Crippen LogP contribution in [0.25, 0.3) is 0 Å². The number of hydrogen-bond acceptors (Lipinski definition) is 6. The number of carboxylic acids is 1. The van der Waals surface area contributed by atoms with Gasteiger partial charge in [0.05, 0.1) is 18.1 Å². The summed E-state index contributed by atoms with van der Waals surface area (Å²) in [5.41, 5.74) is 5.21. The van der Waals surface area contributed by atoms with E-state index in [4.69, 9.17) is 5.73 Å². The second-order valence-electron chi connectivity index (χ2n) is 7.52. The Labute approximate surface area is 162 Å². The fourth-order valence-electron chi connectivity index (χ4n) is 4.36. The number of aliphatic hydroxyl groups excluding tert-OH is 1. The zero-order valence-corrected chi connectivity index (χ0v) is 16.3. The normalized spacial score (nSPS) is 34.9. The summed E-state index contributed by atoms with van der Waals surface area (Å²) in [6.45, 7) is 4.22. The Morgan fingerprint density at radius 3 is 2.63 bits per heavy atom. The first-order chi connectivity index (χ1) is 12.6. The van der Waals surface area contributed by atoms with Gasteiger partial charge in [0.15, 0.2) is 0 Å². The van der Waals surface area contributed by atoms with E-state index in [0.717, 1.165) is 13.0 Å². The highest BCUT2D eigenvalue weighted by Gasteiger charge is 2.60. The number of β-lactam (4-membered cyclic amide) rings is 1. The van der Waals surface area contributed by atoms with Gasteiger partial charge in [-0.05, 0) is 20.4 Å². The summed E-state index contributed by atoms with van der Waals surface area (Å²) in [6, 6.07) is -0.236. The fourth-order valence-corrected chi connectivity index (χ4v) is 5.97. The van der Waals surface area contributed by atoms with E-state index in [9.17, 15) is 24.6 Å². The molecule has 0 radical (unpaired) electrons. The molecule has 0 aromatic heterocycles. The van der Waals surface area contributed by atoms with Crippen molar-refractivity contribution in [1.29, 1.82) is 0 Å². The summed E-state index contributed by atoms with van der Waals surface area (Å²) in [5, 5.41) is 19.7. The van der Waals surface area contributed by atoms with Gasteiger partial charge in [-0.25, -0.2) is 4.79 Å². The van der Waals surface area contributed by atoms with Crippen LogP contribution in [0.15, 0.2) is 22.8 Å². The minimum Gasteiger partial charge on any atom is -0.477 e. The molecular weight excluding hydrogens is 370 g/mol. The largest absolute Gasteiger partial charge is 0.477 e. The average molecular weight is 395 g/mol. The van der Waals surface area contributed by atoms with Crippen LogP contribution in [-0.4, -0.2) is 74.8 Å². The van der Waals surface area contributed by atoms with Crippen LogP contribution in [0.4, 0.5) is 0 Å². The van der Waals surface area contributed by atoms with Gasteiger partial charge in [0.2, 0.25) is 11.8 Å². The molecule has 3 heterocycles. The fraction of sp³-hybridized carbons (Fsp3) is 0.611. The van der Waals surface area contributed by atoms with E-state index >= 15 is 0 Å². The molecule has 0 aliphatic carbocycles. The molecule has 3 aliphatic heterocycles. The second-order valence-corrected chi connectivity index (χ2v) is 8.86. The van der Waals surface area contributed by atoms with Gasteiger partial charge in [-0.3, -0.25) is 14.5 Å². The Kier molecular flexibility index (Phi) is 5.38. The maximum Gasteiger partial charge on any atom is 0.353 e. The molecule has 9 heteroatoms. The zero-order valence-electron chi connectivity index (χ0n) is 15.5. The number of aliphatic carboxylic acids is 1. The molecule has 8 nitrogen and oxygen atoms in total. The predicted molar refractivity (Wildman–Crippen MR) is 100 cm³/mol. The third kappa shape index (κ3) is 3.39. The minimum absolute atomic E-state index is 0.0539. The van der Waals surface area contributed by atoms with Crippen molar-refractivity contribution in [1.82, 2.24) is 9.80 Å². The summed E-state index contributed by atoms with van der Waals surface area (Å²) in [6.07, 6.45) is 3.08. The first-order valence-electron chi connectivity index (χ1n) is 8.96. The Hall–Kier alpha value is -1.84. The number of nitrogens with zero attached hydrogens (tertiary/aromatic N) is 2. The predicted octanol–water partition coefficient (Wildman–Crippen LogP) is -0.0125. The summed E-state index contributed by atoms with van der Waals surface area (Å²) >= 11 is 1.50. The number of rotatable bonds is 6. The Bertz CT molecular complexity index is 735. The molecule has 148 valence electrons. The molecule has 6 atom stereocenters. The third-order valence-electron chi connectivity index (χ3n) is 5.65. The number of amides is 2. The zero-order chi connectivity index (χ0) is 20.0. The van der Waals surface area contributed by atoms with Gasteiger partial charge >= 0.3 is 5.97 Å². The number of hydrogen-bond donors (Lipinski definition) is 3. The monoisotopic (exact) mass is 395 g/mol. The quantitative estimate of drug-likeness (QED) is 0.427. The van der Waals surface area contributed by atoms with Crippen molar-refractivity contribution in [2.75, 3.05) is 13.6 Å². The molecule has 2 fully saturated rings. The second kappa shape index (κ2) is 7.29. The molecule has 27 heavy (non-hydrogen) atoms. The highest BCUT2D eigenvalue weighted by molar-refractivity contribution is 8.03. The lowest BCUT2D eigenvalue weighted by atomic mass is 9.79. The van der Waals surface area contributed by atoms with Crippen LogP contribution in [0.5, 0.6) is 0 Å². The van der Waals surface area contributed by atoms with Crippen LogP contribution in [0.2, 0.25) is 0 Å². The summed E-state index contributed by atoms with van der Waals surface area (Å²) < 4.78 is 0. The molecule has 0 aromatic carbocycles. The number of carbonyl (C=O) groups is 3. The van der Waals surface area contributed by atoms with Crippen LogP contribution < -0.4 is 5.73 Å². The van der Waals surface area contributed by atoms with Crippen molar-refractivity contribution in [3.05, 3.63) is 22.8 Å². The van der Waals surface area contributed by atoms with E-state index in [1.54, 1.807) is 13.0 Å². The summed E-state index contributed by atoms with van der Waals surface area (Å²) in [5.74, 6) is -2.61.